The number of nitrogens with two attached hydrogens (primary N) is 1. The third kappa shape index (κ3) is 2.08. The zero-order valence-corrected chi connectivity index (χ0v) is 8.92. The van der Waals surface area contributed by atoms with Crippen LogP contribution in [0.4, 0.5) is 5.82 Å². The highest BCUT2D eigenvalue weighted by Crippen LogP contribution is 2.21. The summed E-state index contributed by atoms with van der Waals surface area (Å²) in [4.78, 5) is 8.89. The molecule has 2 heterocycles. The van der Waals surface area contributed by atoms with Crippen LogP contribution < -0.4 is 11.3 Å². The van der Waals surface area contributed by atoms with Gasteiger partial charge in [-0.1, -0.05) is 6.92 Å². The number of hydrogen-bond acceptors (Lipinski definition) is 5. The summed E-state index contributed by atoms with van der Waals surface area (Å²) in [7, 11) is 0. The van der Waals surface area contributed by atoms with Crippen molar-refractivity contribution in [1.82, 2.24) is 9.97 Å². The van der Waals surface area contributed by atoms with Gasteiger partial charge in [-0.2, -0.15) is 0 Å². The van der Waals surface area contributed by atoms with Crippen LogP contribution in [0, 0.1) is 0 Å². The van der Waals surface area contributed by atoms with Gasteiger partial charge in [-0.25, -0.2) is 15.8 Å². The Morgan fingerprint density at radius 3 is 3.07 bits per heavy atom. The molecule has 0 amide bonds. The Morgan fingerprint density at radius 2 is 2.33 bits per heavy atom. The SMILES string of the molecule is CCCc1nc2c(c(NN)n1)COCC2. The Morgan fingerprint density at radius 1 is 1.47 bits per heavy atom. The van der Waals surface area contributed by atoms with Crippen molar-refractivity contribution in [2.45, 2.75) is 32.8 Å². The molecule has 0 aliphatic carbocycles. The molecule has 5 nitrogen and oxygen atoms in total. The molecular weight excluding hydrogens is 192 g/mol. The lowest BCUT2D eigenvalue weighted by molar-refractivity contribution is 0.109. The fraction of sp³-hybridized carbons (Fsp3) is 0.600. The van der Waals surface area contributed by atoms with Gasteiger partial charge in [0.05, 0.1) is 18.9 Å². The highest BCUT2D eigenvalue weighted by atomic mass is 16.5. The second-order valence-electron chi connectivity index (χ2n) is 3.61. The van der Waals surface area contributed by atoms with Crippen LogP contribution in [0.5, 0.6) is 0 Å². The summed E-state index contributed by atoms with van der Waals surface area (Å²) in [5, 5.41) is 0. The molecule has 0 bridgehead atoms. The maximum atomic E-state index is 5.44. The van der Waals surface area contributed by atoms with E-state index in [1.165, 1.54) is 0 Å². The van der Waals surface area contributed by atoms with Crippen LogP contribution in [0.3, 0.4) is 0 Å². The molecule has 0 atom stereocenters. The number of nitrogens with zero attached hydrogens (tertiary/aromatic N) is 2. The number of aromatic nitrogens is 2. The Labute approximate surface area is 89.0 Å². The second-order valence-corrected chi connectivity index (χ2v) is 3.61. The van der Waals surface area contributed by atoms with E-state index >= 15 is 0 Å². The largest absolute Gasteiger partial charge is 0.376 e. The summed E-state index contributed by atoms with van der Waals surface area (Å²) in [6.45, 7) is 3.41. The van der Waals surface area contributed by atoms with Crippen LogP contribution in [0.25, 0.3) is 0 Å². The van der Waals surface area contributed by atoms with E-state index in [0.29, 0.717) is 12.4 Å². The molecule has 0 spiro atoms. The van der Waals surface area contributed by atoms with Gasteiger partial charge in [0.25, 0.3) is 0 Å². The highest BCUT2D eigenvalue weighted by Gasteiger charge is 2.17. The number of nitrogens with one attached hydrogen (secondary N) is 1. The molecule has 0 unspecified atom stereocenters. The van der Waals surface area contributed by atoms with Crippen LogP contribution in [0.15, 0.2) is 0 Å². The maximum absolute atomic E-state index is 5.44. The van der Waals surface area contributed by atoms with Gasteiger partial charge in [-0.05, 0) is 6.42 Å². The van der Waals surface area contributed by atoms with Gasteiger partial charge < -0.3 is 10.2 Å². The van der Waals surface area contributed by atoms with E-state index in [4.69, 9.17) is 10.6 Å². The van der Waals surface area contributed by atoms with Crippen molar-refractivity contribution in [2.24, 2.45) is 5.84 Å². The molecule has 5 heteroatoms. The highest BCUT2D eigenvalue weighted by molar-refractivity contribution is 5.46. The van der Waals surface area contributed by atoms with Crippen molar-refractivity contribution in [3.8, 4) is 0 Å². The van der Waals surface area contributed by atoms with E-state index in [9.17, 15) is 0 Å². The molecule has 3 N–H and O–H groups in total. The fourth-order valence-corrected chi connectivity index (χ4v) is 1.74. The van der Waals surface area contributed by atoms with Gasteiger partial charge in [0.1, 0.15) is 11.6 Å². The van der Waals surface area contributed by atoms with Crippen LogP contribution in [0.1, 0.15) is 30.4 Å². The molecule has 15 heavy (non-hydrogen) atoms. The molecule has 1 aliphatic rings. The van der Waals surface area contributed by atoms with Gasteiger partial charge in [0.2, 0.25) is 0 Å². The third-order valence-corrected chi connectivity index (χ3v) is 2.48. The first-order chi connectivity index (χ1) is 7.35. The molecule has 0 saturated heterocycles. The molecule has 1 aromatic rings. The summed E-state index contributed by atoms with van der Waals surface area (Å²) in [5.74, 6) is 7.02. The lowest BCUT2D eigenvalue weighted by Crippen LogP contribution is -2.20. The smallest absolute Gasteiger partial charge is 0.149 e. The maximum Gasteiger partial charge on any atom is 0.149 e. The number of fused-ring (bicyclic) bond motifs is 1. The van der Waals surface area contributed by atoms with E-state index in [1.807, 2.05) is 0 Å². The normalized spacial score (nSPS) is 14.8. The van der Waals surface area contributed by atoms with E-state index in [-0.39, 0.29) is 0 Å². The van der Waals surface area contributed by atoms with Gasteiger partial charge in [0.15, 0.2) is 0 Å². The first kappa shape index (κ1) is 10.3. The van der Waals surface area contributed by atoms with Gasteiger partial charge >= 0.3 is 0 Å². The molecule has 1 aliphatic heterocycles. The van der Waals surface area contributed by atoms with Crippen molar-refractivity contribution >= 4 is 5.82 Å². The predicted molar refractivity (Wildman–Crippen MR) is 57.2 cm³/mol. The van der Waals surface area contributed by atoms with E-state index in [0.717, 1.165) is 43.0 Å². The average Bonchev–Trinajstić information content (AvgIpc) is 2.28. The fourth-order valence-electron chi connectivity index (χ4n) is 1.74. The first-order valence-electron chi connectivity index (χ1n) is 5.28. The lowest BCUT2D eigenvalue weighted by Gasteiger charge is -2.18. The quantitative estimate of drug-likeness (QED) is 0.567. The van der Waals surface area contributed by atoms with Crippen molar-refractivity contribution < 1.29 is 4.74 Å². The van der Waals surface area contributed by atoms with Gasteiger partial charge in [0, 0.05) is 18.4 Å². The summed E-state index contributed by atoms with van der Waals surface area (Å²) in [6, 6.07) is 0. The number of hydrazine groups is 1. The minimum atomic E-state index is 0.557. The van der Waals surface area contributed by atoms with Crippen LogP contribution in [0.2, 0.25) is 0 Å². The van der Waals surface area contributed by atoms with Gasteiger partial charge in [-0.3, -0.25) is 0 Å². The molecule has 0 fully saturated rings. The van der Waals surface area contributed by atoms with Crippen molar-refractivity contribution in [2.75, 3.05) is 12.0 Å². The van der Waals surface area contributed by atoms with Crippen molar-refractivity contribution in [3.63, 3.8) is 0 Å². The molecule has 0 radical (unpaired) electrons. The summed E-state index contributed by atoms with van der Waals surface area (Å²) >= 11 is 0. The Hall–Kier alpha value is -1.20. The van der Waals surface area contributed by atoms with Crippen LogP contribution >= 0.6 is 0 Å². The minimum absolute atomic E-state index is 0.557. The minimum Gasteiger partial charge on any atom is -0.376 e. The lowest BCUT2D eigenvalue weighted by atomic mass is 10.1. The molecule has 2 rings (SSSR count). The van der Waals surface area contributed by atoms with Crippen LogP contribution in [-0.4, -0.2) is 16.6 Å². The van der Waals surface area contributed by atoms with E-state index in [1.54, 1.807) is 0 Å². The third-order valence-electron chi connectivity index (χ3n) is 2.48. The standard InChI is InChI=1S/C10H16N4O/c1-2-3-9-12-8-4-5-15-6-7(8)10(13-9)14-11/h2-6,11H2,1H3,(H,12,13,14). The molecule has 0 saturated carbocycles. The molecule has 1 aromatic heterocycles. The zero-order chi connectivity index (χ0) is 10.7. The Kier molecular flexibility index (Phi) is 3.13. The van der Waals surface area contributed by atoms with Gasteiger partial charge in [-0.15, -0.1) is 0 Å². The predicted octanol–water partition coefficient (Wildman–Crippen LogP) is 0.787. The Bertz CT molecular complexity index is 336. The first-order valence-corrected chi connectivity index (χ1v) is 5.28. The summed E-state index contributed by atoms with van der Waals surface area (Å²) < 4.78 is 5.36. The Balaban J connectivity index is 2.38. The number of nitrogen functional groups attached to an aromatic ring is 1. The number of rotatable bonds is 3. The van der Waals surface area contributed by atoms with E-state index < -0.39 is 0 Å². The summed E-state index contributed by atoms with van der Waals surface area (Å²) in [5.41, 5.74) is 4.70. The van der Waals surface area contributed by atoms with Crippen molar-refractivity contribution in [1.29, 1.82) is 0 Å². The monoisotopic (exact) mass is 208 g/mol. The molecule has 82 valence electrons. The van der Waals surface area contributed by atoms with E-state index in [2.05, 4.69) is 22.3 Å². The second kappa shape index (κ2) is 4.55. The summed E-state index contributed by atoms with van der Waals surface area (Å²) in [6.07, 6.45) is 2.78. The number of anilines is 1. The average molecular weight is 208 g/mol. The van der Waals surface area contributed by atoms with Crippen molar-refractivity contribution in [3.05, 3.63) is 17.1 Å². The number of hydrogen-bond donors (Lipinski definition) is 2. The molecule has 0 aromatic carbocycles. The number of ether oxygens (including phenoxy) is 1. The topological polar surface area (TPSA) is 73.1 Å². The number of aryl methyl sites for hydroxylation is 1. The molecular formula is C10H16N4O. The zero-order valence-electron chi connectivity index (χ0n) is 8.92. The van der Waals surface area contributed by atoms with Crippen LogP contribution in [-0.2, 0) is 24.2 Å².